The van der Waals surface area contributed by atoms with Crippen LogP contribution in [-0.4, -0.2) is 62.2 Å². The predicted molar refractivity (Wildman–Crippen MR) is 125 cm³/mol. The molecule has 3 aliphatic rings. The first-order chi connectivity index (χ1) is 19.0. The zero-order chi connectivity index (χ0) is 28.0. The third-order valence-electron chi connectivity index (χ3n) is 7.18. The number of rotatable bonds is 4. The number of ether oxygens (including phenoxy) is 2. The number of amides is 1. The highest BCUT2D eigenvalue weighted by molar-refractivity contribution is 5.98. The molecule has 0 spiro atoms. The van der Waals surface area contributed by atoms with Crippen LogP contribution in [0.25, 0.3) is 16.9 Å². The highest BCUT2D eigenvalue weighted by Gasteiger charge is 2.46. The number of alkyl halides is 2. The van der Waals surface area contributed by atoms with E-state index in [1.165, 1.54) is 22.7 Å². The van der Waals surface area contributed by atoms with E-state index in [0.717, 1.165) is 4.90 Å². The SMILES string of the molecule is [2H]C([2H])([2H])N1C(=O)c2cccc(OC(F)F)c2[C@H]2C[C@@H]1c1nn3ccc(-c4cnc(C5(N)COC5)nc4)nc3c12. The van der Waals surface area contributed by atoms with Crippen molar-refractivity contribution in [1.29, 1.82) is 0 Å². The van der Waals surface area contributed by atoms with Crippen molar-refractivity contribution in [2.45, 2.75) is 30.5 Å². The Morgan fingerprint density at radius 1 is 1.24 bits per heavy atom. The van der Waals surface area contributed by atoms with Gasteiger partial charge in [0.25, 0.3) is 5.91 Å². The molecule has 1 amide bonds. The van der Waals surface area contributed by atoms with Crippen LogP contribution in [0.4, 0.5) is 8.78 Å². The van der Waals surface area contributed by atoms with Crippen molar-refractivity contribution in [2.75, 3.05) is 20.2 Å². The van der Waals surface area contributed by atoms with E-state index in [1.54, 1.807) is 24.7 Å². The van der Waals surface area contributed by atoms with Gasteiger partial charge < -0.3 is 20.1 Å². The molecule has 7 rings (SSSR count). The summed E-state index contributed by atoms with van der Waals surface area (Å²) in [6, 6.07) is 4.94. The number of halogens is 2. The van der Waals surface area contributed by atoms with Crippen LogP contribution < -0.4 is 10.5 Å². The minimum absolute atomic E-state index is 0.0115. The zero-order valence-corrected chi connectivity index (χ0v) is 19.1. The van der Waals surface area contributed by atoms with Gasteiger partial charge in [-0.15, -0.1) is 0 Å². The molecule has 1 aliphatic carbocycles. The van der Waals surface area contributed by atoms with Gasteiger partial charge in [0.2, 0.25) is 0 Å². The lowest BCUT2D eigenvalue weighted by atomic mass is 9.89. The van der Waals surface area contributed by atoms with E-state index in [-0.39, 0.29) is 23.3 Å². The van der Waals surface area contributed by atoms with E-state index < -0.39 is 37.0 Å². The number of carbonyl (C=O) groups is 1. The highest BCUT2D eigenvalue weighted by atomic mass is 19.3. The maximum Gasteiger partial charge on any atom is 0.387 e. The van der Waals surface area contributed by atoms with Crippen molar-refractivity contribution < 1.29 is 27.2 Å². The molecule has 1 aromatic carbocycles. The smallest absolute Gasteiger partial charge is 0.387 e. The number of hydrogen-bond donors (Lipinski definition) is 1. The van der Waals surface area contributed by atoms with E-state index >= 15 is 0 Å². The van der Waals surface area contributed by atoms with E-state index in [2.05, 4.69) is 15.1 Å². The van der Waals surface area contributed by atoms with Gasteiger partial charge in [0.05, 0.1) is 30.6 Å². The van der Waals surface area contributed by atoms with Gasteiger partial charge in [-0.3, -0.25) is 4.79 Å². The standard InChI is InChI=1S/C25H21F2N7O3/c1-33-16-7-14(18-13(22(33)35)3-2-4-17(18)37-24(26)27)19-20(16)32-34-6-5-15(31-21(19)34)12-8-29-23(30-9-12)25(28)10-36-11-25/h2-6,8-9,14,16,24H,7,10-11,28H2,1H3/t14-,16-/m1/s1/i1D3. The molecule has 2 aliphatic heterocycles. The Labute approximate surface area is 213 Å². The molecule has 4 aromatic rings. The zero-order valence-electron chi connectivity index (χ0n) is 22.1. The maximum atomic E-state index is 13.5. The lowest BCUT2D eigenvalue weighted by Crippen LogP contribution is -2.55. The Morgan fingerprint density at radius 3 is 2.76 bits per heavy atom. The molecule has 3 aromatic heterocycles. The summed E-state index contributed by atoms with van der Waals surface area (Å²) in [4.78, 5) is 27.9. The van der Waals surface area contributed by atoms with Crippen molar-refractivity contribution in [2.24, 2.45) is 5.73 Å². The van der Waals surface area contributed by atoms with Gasteiger partial charge in [0.1, 0.15) is 11.3 Å². The Kier molecular flexibility index (Phi) is 4.00. The summed E-state index contributed by atoms with van der Waals surface area (Å²) >= 11 is 0. The predicted octanol–water partition coefficient (Wildman–Crippen LogP) is 2.63. The molecular formula is C25H21F2N7O3. The third kappa shape index (κ3) is 3.18. The number of nitrogens with two attached hydrogens (primary N) is 1. The molecule has 12 heteroatoms. The Bertz CT molecular complexity index is 1670. The van der Waals surface area contributed by atoms with Gasteiger partial charge in [0, 0.05) is 57.9 Å². The van der Waals surface area contributed by atoms with Crippen molar-refractivity contribution in [3.63, 3.8) is 0 Å². The quantitative estimate of drug-likeness (QED) is 0.447. The molecule has 0 radical (unpaired) electrons. The molecule has 0 unspecified atom stereocenters. The molecule has 5 heterocycles. The van der Waals surface area contributed by atoms with Crippen LogP contribution in [-0.2, 0) is 10.3 Å². The summed E-state index contributed by atoms with van der Waals surface area (Å²) in [7, 11) is 0. The van der Waals surface area contributed by atoms with Crippen molar-refractivity contribution in [3.05, 3.63) is 71.1 Å². The summed E-state index contributed by atoms with van der Waals surface area (Å²) in [5.41, 5.74) is 8.08. The molecule has 188 valence electrons. The minimum Gasteiger partial charge on any atom is -0.434 e. The van der Waals surface area contributed by atoms with E-state index in [0.29, 0.717) is 47.2 Å². The average Bonchev–Trinajstić information content (AvgIpc) is 3.39. The van der Waals surface area contributed by atoms with E-state index in [4.69, 9.17) is 24.3 Å². The van der Waals surface area contributed by atoms with Gasteiger partial charge in [-0.25, -0.2) is 19.5 Å². The molecule has 0 saturated carbocycles. The Balaban J connectivity index is 1.40. The van der Waals surface area contributed by atoms with Crippen molar-refractivity contribution >= 4 is 11.6 Å². The second-order valence-electron chi connectivity index (χ2n) is 9.40. The summed E-state index contributed by atoms with van der Waals surface area (Å²) in [6.45, 7) is -5.30. The molecule has 2 N–H and O–H groups in total. The first-order valence-electron chi connectivity index (χ1n) is 13.1. The van der Waals surface area contributed by atoms with E-state index in [1.807, 2.05) is 0 Å². The van der Waals surface area contributed by atoms with Gasteiger partial charge >= 0.3 is 6.61 Å². The normalized spacial score (nSPS) is 23.1. The fraction of sp³-hybridized carbons (Fsp3) is 0.320. The van der Waals surface area contributed by atoms with Crippen LogP contribution in [0, 0.1) is 0 Å². The van der Waals surface area contributed by atoms with Crippen LogP contribution in [0.5, 0.6) is 5.75 Å². The molecule has 2 atom stereocenters. The summed E-state index contributed by atoms with van der Waals surface area (Å²) < 4.78 is 62.6. The maximum absolute atomic E-state index is 13.5. The first kappa shape index (κ1) is 19.1. The Hall–Kier alpha value is -4.03. The van der Waals surface area contributed by atoms with Gasteiger partial charge in [-0.05, 0) is 24.6 Å². The highest BCUT2D eigenvalue weighted by Crippen LogP contribution is 2.53. The fourth-order valence-electron chi connectivity index (χ4n) is 5.38. The number of benzene rings is 1. The third-order valence-corrected chi connectivity index (χ3v) is 7.18. The van der Waals surface area contributed by atoms with Crippen LogP contribution >= 0.6 is 0 Å². The lowest BCUT2D eigenvalue weighted by Gasteiger charge is -2.35. The van der Waals surface area contributed by atoms with Crippen molar-refractivity contribution in [3.8, 4) is 17.0 Å². The number of hydrogen-bond acceptors (Lipinski definition) is 8. The summed E-state index contributed by atoms with van der Waals surface area (Å²) in [6.07, 6.45) is 4.99. The monoisotopic (exact) mass is 508 g/mol. The largest absolute Gasteiger partial charge is 0.434 e. The van der Waals surface area contributed by atoms with Crippen LogP contribution in [0.3, 0.4) is 0 Å². The minimum atomic E-state index is -3.14. The van der Waals surface area contributed by atoms with Crippen LogP contribution in [0.15, 0.2) is 42.9 Å². The van der Waals surface area contributed by atoms with Gasteiger partial charge in [-0.2, -0.15) is 13.9 Å². The second-order valence-corrected chi connectivity index (χ2v) is 9.40. The van der Waals surface area contributed by atoms with Crippen LogP contribution in [0.2, 0.25) is 0 Å². The fourth-order valence-corrected chi connectivity index (χ4v) is 5.38. The number of aromatic nitrogens is 5. The topological polar surface area (TPSA) is 121 Å². The summed E-state index contributed by atoms with van der Waals surface area (Å²) in [5, 5.41) is 4.60. The molecule has 37 heavy (non-hydrogen) atoms. The number of nitrogens with zero attached hydrogens (tertiary/aromatic N) is 6. The summed E-state index contributed by atoms with van der Waals surface area (Å²) in [5.74, 6) is -1.21. The van der Waals surface area contributed by atoms with Gasteiger partial charge in [0.15, 0.2) is 11.5 Å². The molecule has 1 saturated heterocycles. The molecular weight excluding hydrogens is 484 g/mol. The van der Waals surface area contributed by atoms with Crippen LogP contribution in [0.1, 0.15) is 55.5 Å². The Morgan fingerprint density at radius 2 is 2.05 bits per heavy atom. The van der Waals surface area contributed by atoms with Crippen molar-refractivity contribution in [1.82, 2.24) is 29.5 Å². The molecule has 10 nitrogen and oxygen atoms in total. The second kappa shape index (κ2) is 7.73. The molecule has 2 bridgehead atoms. The number of carbonyl (C=O) groups excluding carboxylic acids is 1. The lowest BCUT2D eigenvalue weighted by molar-refractivity contribution is -0.0613. The van der Waals surface area contributed by atoms with Gasteiger partial charge in [-0.1, -0.05) is 6.07 Å². The first-order valence-corrected chi connectivity index (χ1v) is 11.6. The molecule has 1 fully saturated rings. The number of fused-ring (bicyclic) bond motifs is 9. The van der Waals surface area contributed by atoms with E-state index in [9.17, 15) is 13.6 Å². The average molecular weight is 509 g/mol.